The van der Waals surface area contributed by atoms with Crippen molar-refractivity contribution in [1.29, 1.82) is 5.26 Å². The van der Waals surface area contributed by atoms with Crippen molar-refractivity contribution < 1.29 is 18.3 Å². The number of hydrogen-bond donors (Lipinski definition) is 3. The fraction of sp³-hybridized carbons (Fsp3) is 0.259. The van der Waals surface area contributed by atoms with E-state index in [1.807, 2.05) is 38.1 Å². The molecule has 3 N–H and O–H groups in total. The molecule has 4 rings (SSSR count). The summed E-state index contributed by atoms with van der Waals surface area (Å²) < 4.78 is 28.5. The molecule has 2 atom stereocenters. The molecule has 0 saturated heterocycles. The molecule has 0 amide bonds. The number of hydrogen-bond acceptors (Lipinski definition) is 6. The van der Waals surface area contributed by atoms with E-state index >= 15 is 0 Å². The summed E-state index contributed by atoms with van der Waals surface area (Å²) in [5.41, 5.74) is 4.07. The molecule has 1 aliphatic heterocycles. The van der Waals surface area contributed by atoms with Gasteiger partial charge in [0.05, 0.1) is 34.4 Å². The van der Waals surface area contributed by atoms with Crippen LogP contribution in [-0.2, 0) is 10.0 Å². The molecule has 1 aliphatic rings. The topological polar surface area (TPSA) is 119 Å². The predicted molar refractivity (Wildman–Crippen MR) is 135 cm³/mol. The summed E-state index contributed by atoms with van der Waals surface area (Å²) in [7, 11) is -3.93. The molecule has 8 heteroatoms. The van der Waals surface area contributed by atoms with E-state index in [1.54, 1.807) is 31.2 Å². The highest BCUT2D eigenvalue weighted by atomic mass is 32.2. The molecule has 1 heterocycles. The summed E-state index contributed by atoms with van der Waals surface area (Å²) >= 11 is 0. The summed E-state index contributed by atoms with van der Waals surface area (Å²) in [6.45, 7) is 5.49. The van der Waals surface area contributed by atoms with Gasteiger partial charge in [-0.25, -0.2) is 8.42 Å². The zero-order valence-electron chi connectivity index (χ0n) is 19.7. The normalized spacial score (nSPS) is 17.3. The molecule has 0 saturated carbocycles. The Morgan fingerprint density at radius 1 is 1.14 bits per heavy atom. The number of carbonyl (C=O) groups is 1. The maximum Gasteiger partial charge on any atom is 0.261 e. The Bertz CT molecular complexity index is 1440. The Morgan fingerprint density at radius 3 is 2.63 bits per heavy atom. The fourth-order valence-electron chi connectivity index (χ4n) is 4.19. The first-order valence-corrected chi connectivity index (χ1v) is 12.8. The molecule has 180 valence electrons. The van der Waals surface area contributed by atoms with Gasteiger partial charge < -0.3 is 10.4 Å². The van der Waals surface area contributed by atoms with Crippen molar-refractivity contribution in [1.82, 2.24) is 0 Å². The quantitative estimate of drug-likeness (QED) is 0.415. The number of carbonyl (C=O) groups excluding carboxylic acids is 1. The van der Waals surface area contributed by atoms with Crippen molar-refractivity contribution in [2.75, 3.05) is 10.0 Å². The first-order chi connectivity index (χ1) is 16.6. The molecule has 7 nitrogen and oxygen atoms in total. The third-order valence-corrected chi connectivity index (χ3v) is 7.57. The smallest absolute Gasteiger partial charge is 0.261 e. The van der Waals surface area contributed by atoms with Crippen LogP contribution >= 0.6 is 0 Å². The van der Waals surface area contributed by atoms with E-state index in [0.717, 1.165) is 11.1 Å². The standard InChI is InChI=1S/C27H27N3O4S/c1-16(2)27(32)19-6-4-5-18(11-19)25-14-26(31)23-13-22(9-10-24(23)29-25)35(33,34)30-21-8-7-17(3)20(12-21)15-28/h4-13,16,25-26,29-31H,14H2,1-3H3/t25?,26-/m0/s1. The average molecular weight is 490 g/mol. The van der Waals surface area contributed by atoms with Crippen LogP contribution < -0.4 is 10.0 Å². The minimum absolute atomic E-state index is 0.0131. The van der Waals surface area contributed by atoms with Crippen LogP contribution in [0.2, 0.25) is 0 Å². The van der Waals surface area contributed by atoms with E-state index in [4.69, 9.17) is 0 Å². The lowest BCUT2D eigenvalue weighted by Gasteiger charge is -2.31. The number of benzene rings is 3. The van der Waals surface area contributed by atoms with Gasteiger partial charge in [0.2, 0.25) is 0 Å². The number of Topliss-reactive ketones (excluding diaryl/α,β-unsaturated/α-hetero) is 1. The van der Waals surface area contributed by atoms with Crippen LogP contribution in [0, 0.1) is 24.2 Å². The maximum absolute atomic E-state index is 13.0. The maximum atomic E-state index is 13.0. The van der Waals surface area contributed by atoms with Gasteiger partial charge in [-0.05, 0) is 54.4 Å². The van der Waals surface area contributed by atoms with Crippen LogP contribution in [0.3, 0.4) is 0 Å². The van der Waals surface area contributed by atoms with Crippen LogP contribution in [-0.4, -0.2) is 19.3 Å². The molecule has 0 aliphatic carbocycles. The number of aliphatic hydroxyl groups excluding tert-OH is 1. The molecule has 0 aromatic heterocycles. The number of nitrogens with one attached hydrogen (secondary N) is 2. The van der Waals surface area contributed by atoms with Crippen molar-refractivity contribution in [2.45, 2.75) is 44.2 Å². The van der Waals surface area contributed by atoms with Crippen molar-refractivity contribution in [3.8, 4) is 6.07 Å². The Morgan fingerprint density at radius 2 is 1.91 bits per heavy atom. The summed E-state index contributed by atoms with van der Waals surface area (Å²) in [5.74, 6) is -0.0577. The summed E-state index contributed by atoms with van der Waals surface area (Å²) in [6, 6.07) is 18.5. The number of aliphatic hydroxyl groups is 1. The van der Waals surface area contributed by atoms with Crippen LogP contribution in [0.1, 0.15) is 65.0 Å². The number of fused-ring (bicyclic) bond motifs is 1. The Balaban J connectivity index is 1.59. The van der Waals surface area contributed by atoms with Crippen molar-refractivity contribution in [2.24, 2.45) is 5.92 Å². The zero-order chi connectivity index (χ0) is 25.3. The average Bonchev–Trinajstić information content (AvgIpc) is 2.84. The van der Waals surface area contributed by atoms with E-state index in [0.29, 0.717) is 34.5 Å². The lowest BCUT2D eigenvalue weighted by atomic mass is 9.89. The molecule has 1 unspecified atom stereocenters. The third kappa shape index (κ3) is 5.06. The van der Waals surface area contributed by atoms with E-state index in [1.165, 1.54) is 18.2 Å². The van der Waals surface area contributed by atoms with Crippen LogP contribution in [0.4, 0.5) is 11.4 Å². The highest BCUT2D eigenvalue weighted by Gasteiger charge is 2.28. The van der Waals surface area contributed by atoms with Gasteiger partial charge in [-0.1, -0.05) is 38.1 Å². The van der Waals surface area contributed by atoms with E-state index < -0.39 is 16.1 Å². The van der Waals surface area contributed by atoms with E-state index in [-0.39, 0.29) is 22.6 Å². The lowest BCUT2D eigenvalue weighted by Crippen LogP contribution is -2.23. The Hall–Kier alpha value is -3.67. The minimum atomic E-state index is -3.93. The minimum Gasteiger partial charge on any atom is -0.388 e. The van der Waals surface area contributed by atoms with Crippen molar-refractivity contribution in [3.05, 3.63) is 88.5 Å². The van der Waals surface area contributed by atoms with Crippen LogP contribution in [0.25, 0.3) is 0 Å². The first-order valence-electron chi connectivity index (χ1n) is 11.4. The summed E-state index contributed by atoms with van der Waals surface area (Å²) in [4.78, 5) is 12.4. The summed E-state index contributed by atoms with van der Waals surface area (Å²) in [5, 5.41) is 23.5. The molecule has 35 heavy (non-hydrogen) atoms. The SMILES string of the molecule is Cc1ccc(NS(=O)(=O)c2ccc3c(c2)[C@@H](O)CC(c2cccc(C(=O)C(C)C)c2)N3)cc1C#N. The molecular formula is C27H27N3O4S. The van der Waals surface area contributed by atoms with Gasteiger partial charge in [0.25, 0.3) is 10.0 Å². The molecule has 0 radical (unpaired) electrons. The molecule has 0 fully saturated rings. The second-order valence-corrected chi connectivity index (χ2v) is 10.8. The number of anilines is 2. The van der Waals surface area contributed by atoms with Gasteiger partial charge in [0.1, 0.15) is 0 Å². The van der Waals surface area contributed by atoms with Crippen molar-refractivity contribution >= 4 is 27.2 Å². The number of ketones is 1. The number of rotatable bonds is 6. The fourth-order valence-corrected chi connectivity index (χ4v) is 5.28. The van der Waals surface area contributed by atoms with Gasteiger partial charge in [0.15, 0.2) is 5.78 Å². The molecule has 0 bridgehead atoms. The highest BCUT2D eigenvalue weighted by Crippen LogP contribution is 2.40. The molecular weight excluding hydrogens is 462 g/mol. The third-order valence-electron chi connectivity index (χ3n) is 6.19. The van der Waals surface area contributed by atoms with Crippen LogP contribution in [0.5, 0.6) is 0 Å². The van der Waals surface area contributed by atoms with Gasteiger partial charge in [-0.2, -0.15) is 5.26 Å². The summed E-state index contributed by atoms with van der Waals surface area (Å²) in [6.07, 6.45) is -0.562. The lowest BCUT2D eigenvalue weighted by molar-refractivity contribution is 0.0939. The molecule has 0 spiro atoms. The van der Waals surface area contributed by atoms with Gasteiger partial charge in [-0.3, -0.25) is 9.52 Å². The second kappa shape index (κ2) is 9.53. The van der Waals surface area contributed by atoms with E-state index in [2.05, 4.69) is 10.0 Å². The highest BCUT2D eigenvalue weighted by molar-refractivity contribution is 7.92. The number of aryl methyl sites for hydroxylation is 1. The zero-order valence-corrected chi connectivity index (χ0v) is 20.6. The largest absolute Gasteiger partial charge is 0.388 e. The van der Waals surface area contributed by atoms with Gasteiger partial charge in [0, 0.05) is 29.2 Å². The molecule has 3 aromatic carbocycles. The monoisotopic (exact) mass is 489 g/mol. The number of nitriles is 1. The van der Waals surface area contributed by atoms with Gasteiger partial charge >= 0.3 is 0 Å². The van der Waals surface area contributed by atoms with Gasteiger partial charge in [-0.15, -0.1) is 0 Å². The Kier molecular flexibility index (Phi) is 6.66. The first kappa shape index (κ1) is 24.5. The number of nitrogens with zero attached hydrogens (tertiary/aromatic N) is 1. The van der Waals surface area contributed by atoms with Crippen LogP contribution in [0.15, 0.2) is 65.6 Å². The number of sulfonamides is 1. The Labute approximate surface area is 205 Å². The second-order valence-electron chi connectivity index (χ2n) is 9.09. The van der Waals surface area contributed by atoms with Crippen molar-refractivity contribution in [3.63, 3.8) is 0 Å². The predicted octanol–water partition coefficient (Wildman–Crippen LogP) is 5.10. The van der Waals surface area contributed by atoms with E-state index in [9.17, 15) is 23.6 Å². The molecule has 3 aromatic rings.